The second kappa shape index (κ2) is 11.4. The van der Waals surface area contributed by atoms with Crippen LogP contribution in [0.4, 0.5) is 5.69 Å². The van der Waals surface area contributed by atoms with E-state index in [-0.39, 0.29) is 29.5 Å². The highest BCUT2D eigenvalue weighted by Crippen LogP contribution is 2.56. The zero-order chi connectivity index (χ0) is 31.9. The summed E-state index contributed by atoms with van der Waals surface area (Å²) in [5.41, 5.74) is 7.62. The first kappa shape index (κ1) is 29.9. The fourth-order valence-corrected chi connectivity index (χ4v) is 7.08. The van der Waals surface area contributed by atoms with E-state index in [1.54, 1.807) is 36.4 Å². The first-order chi connectivity index (χ1) is 21.6. The Morgan fingerprint density at radius 1 is 0.800 bits per heavy atom. The Balaban J connectivity index is 0.000000164. The van der Waals surface area contributed by atoms with Gasteiger partial charge >= 0.3 is 5.97 Å². The summed E-state index contributed by atoms with van der Waals surface area (Å²) in [5, 5.41) is 21.3. The van der Waals surface area contributed by atoms with E-state index in [0.717, 1.165) is 11.1 Å². The van der Waals surface area contributed by atoms with Crippen molar-refractivity contribution in [1.29, 1.82) is 0 Å². The minimum Gasteiger partial charge on any atom is -0.508 e. The maximum Gasteiger partial charge on any atom is 0.340 e. The monoisotopic (exact) mass is 625 g/mol. The number of esters is 1. The highest BCUT2D eigenvalue weighted by Gasteiger charge is 2.53. The molecule has 7 rings (SSSR count). The molecule has 5 aromatic carbocycles. The number of fused-ring (bicyclic) bond motifs is 7. The van der Waals surface area contributed by atoms with Crippen molar-refractivity contribution in [3.05, 3.63) is 119 Å². The smallest absolute Gasteiger partial charge is 0.340 e. The van der Waals surface area contributed by atoms with Gasteiger partial charge in [0.25, 0.3) is 0 Å². The quantitative estimate of drug-likeness (QED) is 0.202. The number of ether oxygens (including phenoxy) is 2. The number of carbonyl (C=O) groups excluding carboxylic acids is 1. The Bertz CT molecular complexity index is 2010. The van der Waals surface area contributed by atoms with Gasteiger partial charge in [0.2, 0.25) is 10.0 Å². The number of hydrogen-bond acceptors (Lipinski definition) is 9. The van der Waals surface area contributed by atoms with E-state index in [1.807, 2.05) is 55.4 Å². The third kappa shape index (κ3) is 5.10. The molecule has 2 aliphatic rings. The number of aromatic hydroxyl groups is 2. The van der Waals surface area contributed by atoms with E-state index >= 15 is 0 Å². The maximum absolute atomic E-state index is 12.5. The zero-order valence-corrected chi connectivity index (χ0v) is 25.3. The molecule has 1 spiro atoms. The van der Waals surface area contributed by atoms with Crippen LogP contribution < -0.4 is 20.1 Å². The lowest BCUT2D eigenvalue weighted by molar-refractivity contribution is 0.0224. The number of nitrogens with two attached hydrogens (primary N) is 1. The Labute approximate surface area is 260 Å². The number of benzene rings is 5. The molecule has 10 nitrogen and oxygen atoms in total. The molecule has 0 amide bonds. The van der Waals surface area contributed by atoms with E-state index in [4.69, 9.17) is 15.2 Å². The highest BCUT2D eigenvalue weighted by atomic mass is 32.2. The number of sulfonamides is 1. The van der Waals surface area contributed by atoms with E-state index in [9.17, 15) is 23.4 Å². The molecular formula is C34H31N3O7S. The van der Waals surface area contributed by atoms with Gasteiger partial charge in [0, 0.05) is 72.5 Å². The zero-order valence-electron chi connectivity index (χ0n) is 24.5. The van der Waals surface area contributed by atoms with Crippen LogP contribution in [0.3, 0.4) is 0 Å². The van der Waals surface area contributed by atoms with Crippen molar-refractivity contribution < 1.29 is 32.9 Å². The van der Waals surface area contributed by atoms with Crippen LogP contribution in [0.15, 0.2) is 102 Å². The molecule has 0 unspecified atom stereocenters. The number of carbonyl (C=O) groups is 1. The molecule has 45 heavy (non-hydrogen) atoms. The van der Waals surface area contributed by atoms with Crippen LogP contribution in [0.25, 0.3) is 10.8 Å². The Kier molecular flexibility index (Phi) is 7.61. The van der Waals surface area contributed by atoms with Gasteiger partial charge in [0.05, 0.1) is 10.5 Å². The van der Waals surface area contributed by atoms with Gasteiger partial charge in [-0.3, -0.25) is 0 Å². The fraction of sp³-hybridized carbons (Fsp3) is 0.147. The van der Waals surface area contributed by atoms with Crippen LogP contribution in [0.5, 0.6) is 23.0 Å². The molecule has 2 heterocycles. The summed E-state index contributed by atoms with van der Waals surface area (Å²) < 4.78 is 38.9. The van der Waals surface area contributed by atoms with Crippen molar-refractivity contribution in [1.82, 2.24) is 4.72 Å². The van der Waals surface area contributed by atoms with Crippen molar-refractivity contribution in [2.75, 3.05) is 32.1 Å². The van der Waals surface area contributed by atoms with Gasteiger partial charge < -0.3 is 30.3 Å². The second-order valence-corrected chi connectivity index (χ2v) is 12.5. The maximum atomic E-state index is 12.5. The topological polar surface area (TPSA) is 151 Å². The largest absolute Gasteiger partial charge is 0.508 e. The Hall–Kier alpha value is -5.10. The van der Waals surface area contributed by atoms with Crippen LogP contribution in [0.2, 0.25) is 0 Å². The molecule has 0 saturated carbocycles. The lowest BCUT2D eigenvalue weighted by atomic mass is 9.77. The molecule has 5 N–H and O–H groups in total. The van der Waals surface area contributed by atoms with Crippen LogP contribution in [-0.2, 0) is 20.4 Å². The molecule has 230 valence electrons. The summed E-state index contributed by atoms with van der Waals surface area (Å²) in [6.07, 6.45) is 0. The first-order valence-corrected chi connectivity index (χ1v) is 15.6. The standard InChI is InChI=1S/C20H12O5.C14H19N3O2S/c21-11-5-7-15-17(9-11)24-18-10-12(22)6-8-16(18)20(15)14-4-2-1-3-13(14)19(23)25-20;1-17(2)13-7-3-6-12-11(13)5-4-8-14(12)20(18,19)16-10-9-15/h1-10,21-22H;3-8,16H,9-10,15H2,1-2H3. The average Bonchev–Trinajstić information content (AvgIpc) is 3.31. The van der Waals surface area contributed by atoms with Gasteiger partial charge in [-0.25, -0.2) is 17.9 Å². The van der Waals surface area contributed by atoms with Crippen molar-refractivity contribution in [3.8, 4) is 23.0 Å². The summed E-state index contributed by atoms with van der Waals surface area (Å²) in [6.45, 7) is 0.499. The molecule has 11 heteroatoms. The van der Waals surface area contributed by atoms with Gasteiger partial charge in [-0.2, -0.15) is 0 Å². The summed E-state index contributed by atoms with van der Waals surface area (Å²) >= 11 is 0. The predicted octanol–water partition coefficient (Wildman–Crippen LogP) is 4.81. The molecule has 5 aromatic rings. The van der Waals surface area contributed by atoms with E-state index < -0.39 is 21.6 Å². The third-order valence-corrected chi connectivity index (χ3v) is 9.27. The predicted molar refractivity (Wildman–Crippen MR) is 171 cm³/mol. The van der Waals surface area contributed by atoms with Gasteiger partial charge in [0.1, 0.15) is 23.0 Å². The summed E-state index contributed by atoms with van der Waals surface area (Å²) in [5.74, 6) is 0.408. The lowest BCUT2D eigenvalue weighted by Crippen LogP contribution is -2.32. The fourth-order valence-electron chi connectivity index (χ4n) is 5.81. The second-order valence-electron chi connectivity index (χ2n) is 10.8. The number of rotatable bonds is 5. The molecular weight excluding hydrogens is 594 g/mol. The van der Waals surface area contributed by atoms with E-state index in [0.29, 0.717) is 39.1 Å². The molecule has 2 aliphatic heterocycles. The van der Waals surface area contributed by atoms with Gasteiger partial charge in [-0.05, 0) is 42.5 Å². The molecule has 0 radical (unpaired) electrons. The third-order valence-electron chi connectivity index (χ3n) is 7.75. The van der Waals surface area contributed by atoms with Gasteiger partial charge in [-0.1, -0.05) is 42.5 Å². The first-order valence-electron chi connectivity index (χ1n) is 14.1. The molecule has 0 bridgehead atoms. The SMILES string of the molecule is CN(C)c1cccc2c(S(=O)(=O)NCCN)cccc12.O=C1OC2(c3ccc(O)cc3Oc3cc(O)ccc32)c2ccccc21. The van der Waals surface area contributed by atoms with Gasteiger partial charge in [0.15, 0.2) is 5.60 Å². The number of hydrogen-bond donors (Lipinski definition) is 4. The van der Waals surface area contributed by atoms with E-state index in [2.05, 4.69) is 4.72 Å². The Morgan fingerprint density at radius 3 is 2.07 bits per heavy atom. The highest BCUT2D eigenvalue weighted by molar-refractivity contribution is 7.89. The van der Waals surface area contributed by atoms with Crippen LogP contribution in [0, 0.1) is 0 Å². The van der Waals surface area contributed by atoms with Gasteiger partial charge in [-0.15, -0.1) is 0 Å². The number of phenols is 2. The van der Waals surface area contributed by atoms with Crippen molar-refractivity contribution in [3.63, 3.8) is 0 Å². The number of phenolic OH excluding ortho intramolecular Hbond substituents is 2. The minimum atomic E-state index is -3.54. The lowest BCUT2D eigenvalue weighted by Gasteiger charge is -2.36. The van der Waals surface area contributed by atoms with Crippen molar-refractivity contribution >= 4 is 32.5 Å². The average molecular weight is 626 g/mol. The van der Waals surface area contributed by atoms with E-state index in [1.165, 1.54) is 24.3 Å². The Morgan fingerprint density at radius 2 is 1.42 bits per heavy atom. The van der Waals surface area contributed by atoms with Crippen LogP contribution in [-0.4, -0.2) is 51.8 Å². The van der Waals surface area contributed by atoms with Crippen LogP contribution >= 0.6 is 0 Å². The molecule has 0 aromatic heterocycles. The van der Waals surface area contributed by atoms with Crippen molar-refractivity contribution in [2.24, 2.45) is 5.73 Å². The summed E-state index contributed by atoms with van der Waals surface area (Å²) in [6, 6.07) is 27.5. The molecule has 0 saturated heterocycles. The molecule has 0 atom stereocenters. The van der Waals surface area contributed by atoms with Crippen LogP contribution in [0.1, 0.15) is 27.0 Å². The minimum absolute atomic E-state index is 0.0371. The van der Waals surface area contributed by atoms with Crippen molar-refractivity contribution in [2.45, 2.75) is 10.5 Å². The number of nitrogens with one attached hydrogen (secondary N) is 1. The summed E-state index contributed by atoms with van der Waals surface area (Å²) in [4.78, 5) is 14.8. The number of anilines is 1. The molecule has 0 fully saturated rings. The normalized spacial score (nSPS) is 14.0. The molecule has 0 aliphatic carbocycles. The summed E-state index contributed by atoms with van der Waals surface area (Å²) in [7, 11) is 0.326. The number of nitrogens with zero attached hydrogens (tertiary/aromatic N) is 1.